The van der Waals surface area contributed by atoms with Gasteiger partial charge < -0.3 is 20.3 Å². The summed E-state index contributed by atoms with van der Waals surface area (Å²) in [5, 5.41) is 6.36. The van der Waals surface area contributed by atoms with Crippen molar-refractivity contribution in [2.24, 2.45) is 16.8 Å². The fourth-order valence-corrected chi connectivity index (χ4v) is 3.86. The lowest BCUT2D eigenvalue weighted by Gasteiger charge is -2.33. The number of hydrogen-bond donors (Lipinski definition) is 2. The van der Waals surface area contributed by atoms with Crippen LogP contribution in [-0.4, -0.2) is 62.1 Å². The molecule has 7 nitrogen and oxygen atoms in total. The number of piperidine rings is 1. The Morgan fingerprint density at radius 1 is 1.00 bits per heavy atom. The second-order valence-electron chi connectivity index (χ2n) is 7.37. The van der Waals surface area contributed by atoms with Crippen LogP contribution in [-0.2, 0) is 14.3 Å². The molecular formula is C20H36N4O3. The molecule has 7 heteroatoms. The topological polar surface area (TPSA) is 83.0 Å². The second kappa shape index (κ2) is 11.8. The van der Waals surface area contributed by atoms with Gasteiger partial charge in [0.25, 0.3) is 0 Å². The molecule has 0 aromatic carbocycles. The smallest absolute Gasteiger partial charge is 0.309 e. The molecule has 1 aliphatic heterocycles. The third-order valence-electron chi connectivity index (χ3n) is 5.40. The molecule has 2 N–H and O–H groups in total. The molecule has 1 saturated carbocycles. The largest absolute Gasteiger partial charge is 0.466 e. The lowest BCUT2D eigenvalue weighted by molar-refractivity contribution is -0.149. The summed E-state index contributed by atoms with van der Waals surface area (Å²) < 4.78 is 5.13. The van der Waals surface area contributed by atoms with E-state index < -0.39 is 0 Å². The van der Waals surface area contributed by atoms with Crippen LogP contribution >= 0.6 is 0 Å². The number of nitrogens with one attached hydrogen (secondary N) is 2. The zero-order valence-corrected chi connectivity index (χ0v) is 17.0. The van der Waals surface area contributed by atoms with Crippen molar-refractivity contribution >= 4 is 17.8 Å². The number of hydrogen-bond acceptors (Lipinski definition) is 4. The molecule has 0 aromatic heterocycles. The SMILES string of the molecule is CCNC(=NCCNC(=O)C1CCCCC1)N1CCC(C(=O)OCC)CC1. The monoisotopic (exact) mass is 380 g/mol. The van der Waals surface area contributed by atoms with Crippen LogP contribution in [0.4, 0.5) is 0 Å². The molecule has 0 radical (unpaired) electrons. The Morgan fingerprint density at radius 3 is 2.33 bits per heavy atom. The number of ether oxygens (including phenoxy) is 1. The molecule has 2 aliphatic rings. The Morgan fingerprint density at radius 2 is 1.70 bits per heavy atom. The molecule has 0 atom stereocenters. The highest BCUT2D eigenvalue weighted by molar-refractivity contribution is 5.81. The fraction of sp³-hybridized carbons (Fsp3) is 0.850. The number of esters is 1. The molecule has 2 fully saturated rings. The molecule has 1 aliphatic carbocycles. The highest BCUT2D eigenvalue weighted by Crippen LogP contribution is 2.23. The zero-order chi connectivity index (χ0) is 19.5. The number of aliphatic imine (C=N–C) groups is 1. The molecule has 0 aromatic rings. The van der Waals surface area contributed by atoms with Gasteiger partial charge in [-0.3, -0.25) is 14.6 Å². The van der Waals surface area contributed by atoms with Gasteiger partial charge in [-0.1, -0.05) is 19.3 Å². The minimum absolute atomic E-state index is 0.00106. The Bertz CT molecular complexity index is 495. The number of likely N-dealkylation sites (tertiary alicyclic amines) is 1. The molecule has 1 heterocycles. The van der Waals surface area contributed by atoms with E-state index in [-0.39, 0.29) is 23.7 Å². The first kappa shape index (κ1) is 21.5. The summed E-state index contributed by atoms with van der Waals surface area (Å²) in [6, 6.07) is 0. The van der Waals surface area contributed by atoms with Crippen LogP contribution in [0.25, 0.3) is 0 Å². The molecule has 0 bridgehead atoms. The van der Waals surface area contributed by atoms with Crippen molar-refractivity contribution in [2.45, 2.75) is 58.8 Å². The third-order valence-corrected chi connectivity index (χ3v) is 5.40. The van der Waals surface area contributed by atoms with E-state index in [9.17, 15) is 9.59 Å². The van der Waals surface area contributed by atoms with E-state index in [1.165, 1.54) is 19.3 Å². The first-order chi connectivity index (χ1) is 13.2. The van der Waals surface area contributed by atoms with Crippen LogP contribution in [0, 0.1) is 11.8 Å². The lowest BCUT2D eigenvalue weighted by Crippen LogP contribution is -2.47. The Kier molecular flexibility index (Phi) is 9.42. The number of carbonyl (C=O) groups is 2. The normalized spacial score (nSPS) is 19.6. The fourth-order valence-electron chi connectivity index (χ4n) is 3.86. The van der Waals surface area contributed by atoms with Crippen molar-refractivity contribution < 1.29 is 14.3 Å². The molecule has 1 saturated heterocycles. The predicted molar refractivity (Wildman–Crippen MR) is 106 cm³/mol. The minimum atomic E-state index is -0.0792. The summed E-state index contributed by atoms with van der Waals surface area (Å²) in [5.74, 6) is 1.16. The molecule has 0 spiro atoms. The number of nitrogens with zero attached hydrogens (tertiary/aromatic N) is 2. The summed E-state index contributed by atoms with van der Waals surface area (Å²) in [4.78, 5) is 30.9. The summed E-state index contributed by atoms with van der Waals surface area (Å²) in [6.07, 6.45) is 7.22. The predicted octanol–water partition coefficient (Wildman–Crippen LogP) is 1.92. The summed E-state index contributed by atoms with van der Waals surface area (Å²) in [7, 11) is 0. The van der Waals surface area contributed by atoms with Gasteiger partial charge >= 0.3 is 5.97 Å². The highest BCUT2D eigenvalue weighted by atomic mass is 16.5. The number of rotatable bonds is 7. The minimum Gasteiger partial charge on any atom is -0.466 e. The third kappa shape index (κ3) is 7.03. The number of carbonyl (C=O) groups excluding carboxylic acids is 2. The van der Waals surface area contributed by atoms with Gasteiger partial charge in [0.1, 0.15) is 0 Å². The molecule has 27 heavy (non-hydrogen) atoms. The lowest BCUT2D eigenvalue weighted by atomic mass is 9.89. The van der Waals surface area contributed by atoms with Crippen molar-refractivity contribution in [3.8, 4) is 0 Å². The van der Waals surface area contributed by atoms with Gasteiger partial charge in [-0.2, -0.15) is 0 Å². The average Bonchev–Trinajstić information content (AvgIpc) is 2.71. The van der Waals surface area contributed by atoms with Crippen LogP contribution in [0.2, 0.25) is 0 Å². The van der Waals surface area contributed by atoms with Gasteiger partial charge in [-0.05, 0) is 39.5 Å². The van der Waals surface area contributed by atoms with Crippen LogP contribution in [0.5, 0.6) is 0 Å². The maximum atomic E-state index is 12.2. The molecule has 1 amide bonds. The van der Waals surface area contributed by atoms with Crippen molar-refractivity contribution in [3.05, 3.63) is 0 Å². The van der Waals surface area contributed by atoms with E-state index in [1.807, 2.05) is 13.8 Å². The van der Waals surface area contributed by atoms with Gasteiger partial charge in [-0.25, -0.2) is 0 Å². The maximum Gasteiger partial charge on any atom is 0.309 e. The van der Waals surface area contributed by atoms with E-state index >= 15 is 0 Å². The van der Waals surface area contributed by atoms with Crippen LogP contribution in [0.1, 0.15) is 58.8 Å². The molecule has 2 rings (SSSR count). The van der Waals surface area contributed by atoms with Crippen molar-refractivity contribution in [3.63, 3.8) is 0 Å². The van der Waals surface area contributed by atoms with Gasteiger partial charge in [-0.15, -0.1) is 0 Å². The maximum absolute atomic E-state index is 12.2. The number of guanidine groups is 1. The van der Waals surface area contributed by atoms with Gasteiger partial charge in [0.2, 0.25) is 5.91 Å². The Hall–Kier alpha value is -1.79. The highest BCUT2D eigenvalue weighted by Gasteiger charge is 2.27. The first-order valence-corrected chi connectivity index (χ1v) is 10.6. The van der Waals surface area contributed by atoms with Gasteiger partial charge in [0.15, 0.2) is 5.96 Å². The van der Waals surface area contributed by atoms with Crippen LogP contribution in [0.15, 0.2) is 4.99 Å². The summed E-state index contributed by atoms with van der Waals surface area (Å²) >= 11 is 0. The van der Waals surface area contributed by atoms with Gasteiger partial charge in [0.05, 0.1) is 19.1 Å². The van der Waals surface area contributed by atoms with Crippen molar-refractivity contribution in [1.29, 1.82) is 0 Å². The second-order valence-corrected chi connectivity index (χ2v) is 7.37. The zero-order valence-electron chi connectivity index (χ0n) is 17.0. The average molecular weight is 381 g/mol. The van der Waals surface area contributed by atoms with E-state index in [0.717, 1.165) is 51.3 Å². The summed E-state index contributed by atoms with van der Waals surface area (Å²) in [6.45, 7) is 7.86. The van der Waals surface area contributed by atoms with Crippen LogP contribution in [0.3, 0.4) is 0 Å². The van der Waals surface area contributed by atoms with E-state index in [1.54, 1.807) is 0 Å². The standard InChI is InChI=1S/C20H36N4O3/c1-3-21-20(24-14-10-17(11-15-24)19(26)27-4-2)23-13-12-22-18(25)16-8-6-5-7-9-16/h16-17H,3-15H2,1-2H3,(H,21,23)(H,22,25). The molecular weight excluding hydrogens is 344 g/mol. The Balaban J connectivity index is 1.75. The van der Waals surface area contributed by atoms with Gasteiger partial charge in [0, 0.05) is 32.1 Å². The quantitative estimate of drug-likeness (QED) is 0.305. The van der Waals surface area contributed by atoms with E-state index in [2.05, 4.69) is 20.5 Å². The van der Waals surface area contributed by atoms with Crippen molar-refractivity contribution in [1.82, 2.24) is 15.5 Å². The Labute approximate surface area is 163 Å². The molecule has 0 unspecified atom stereocenters. The number of amides is 1. The molecule has 154 valence electrons. The van der Waals surface area contributed by atoms with E-state index in [4.69, 9.17) is 4.74 Å². The van der Waals surface area contributed by atoms with Crippen molar-refractivity contribution in [2.75, 3.05) is 39.3 Å². The summed E-state index contributed by atoms with van der Waals surface area (Å²) in [5.41, 5.74) is 0. The van der Waals surface area contributed by atoms with E-state index in [0.29, 0.717) is 19.7 Å². The van der Waals surface area contributed by atoms with Crippen LogP contribution < -0.4 is 10.6 Å². The first-order valence-electron chi connectivity index (χ1n) is 10.6.